The lowest BCUT2D eigenvalue weighted by molar-refractivity contribution is 0.302. The Labute approximate surface area is 140 Å². The van der Waals surface area contributed by atoms with Gasteiger partial charge in [0.05, 0.1) is 10.6 Å². The van der Waals surface area contributed by atoms with E-state index in [4.69, 9.17) is 9.15 Å². The van der Waals surface area contributed by atoms with Crippen LogP contribution in [0.5, 0.6) is 5.75 Å². The Balaban J connectivity index is 1.41. The molecule has 0 fully saturated rings. The molecule has 5 nitrogen and oxygen atoms in total. The van der Waals surface area contributed by atoms with E-state index < -0.39 is 0 Å². The van der Waals surface area contributed by atoms with E-state index in [-0.39, 0.29) is 0 Å². The first-order valence-electron chi connectivity index (χ1n) is 6.86. The second-order valence-electron chi connectivity index (χ2n) is 4.68. The Bertz CT molecular complexity index is 869. The standard InChI is InChI=1S/C16H11N3O2S2/c1-2-14(22-7-1)16-18-12(9-23-16)8-20-13-5-3-11(4-6-13)15-19-17-10-21-15/h1-7,9-10H,8H2. The smallest absolute Gasteiger partial charge is 0.247 e. The Morgan fingerprint density at radius 1 is 1.09 bits per heavy atom. The van der Waals surface area contributed by atoms with Gasteiger partial charge in [-0.05, 0) is 35.7 Å². The molecule has 23 heavy (non-hydrogen) atoms. The fraction of sp³-hybridized carbons (Fsp3) is 0.0625. The molecule has 0 atom stereocenters. The highest BCUT2D eigenvalue weighted by Crippen LogP contribution is 2.28. The van der Waals surface area contributed by atoms with Crippen molar-refractivity contribution in [1.29, 1.82) is 0 Å². The van der Waals surface area contributed by atoms with Crippen LogP contribution in [0.25, 0.3) is 21.3 Å². The molecule has 0 spiro atoms. The minimum atomic E-state index is 0.446. The molecule has 1 aromatic carbocycles. The van der Waals surface area contributed by atoms with Gasteiger partial charge in [-0.3, -0.25) is 0 Å². The van der Waals surface area contributed by atoms with Gasteiger partial charge in [0.2, 0.25) is 12.3 Å². The normalized spacial score (nSPS) is 10.8. The number of rotatable bonds is 5. The van der Waals surface area contributed by atoms with Crippen molar-refractivity contribution in [2.24, 2.45) is 0 Å². The first-order chi connectivity index (χ1) is 11.4. The number of ether oxygens (including phenoxy) is 1. The van der Waals surface area contributed by atoms with Crippen molar-refractivity contribution in [3.8, 4) is 27.1 Å². The van der Waals surface area contributed by atoms with Gasteiger partial charge in [-0.1, -0.05) is 6.07 Å². The van der Waals surface area contributed by atoms with E-state index in [0.29, 0.717) is 12.5 Å². The zero-order chi connectivity index (χ0) is 15.5. The molecular formula is C16H11N3O2S2. The molecule has 0 radical (unpaired) electrons. The lowest BCUT2D eigenvalue weighted by atomic mass is 10.2. The fourth-order valence-corrected chi connectivity index (χ4v) is 3.66. The van der Waals surface area contributed by atoms with Crippen LogP contribution >= 0.6 is 22.7 Å². The number of hydrogen-bond donors (Lipinski definition) is 0. The molecule has 3 aromatic heterocycles. The van der Waals surface area contributed by atoms with Crippen LogP contribution in [0, 0.1) is 0 Å². The van der Waals surface area contributed by atoms with Gasteiger partial charge >= 0.3 is 0 Å². The van der Waals surface area contributed by atoms with Crippen molar-refractivity contribution in [1.82, 2.24) is 15.2 Å². The SMILES string of the molecule is c1csc(-c2nc(COc3ccc(-c4nnco4)cc3)cs2)c1. The van der Waals surface area contributed by atoms with Crippen LogP contribution in [-0.2, 0) is 6.61 Å². The molecular weight excluding hydrogens is 330 g/mol. The Morgan fingerprint density at radius 3 is 2.74 bits per heavy atom. The third-order valence-electron chi connectivity index (χ3n) is 3.13. The maximum atomic E-state index is 5.78. The molecule has 0 saturated carbocycles. The average molecular weight is 341 g/mol. The Morgan fingerprint density at radius 2 is 2.00 bits per heavy atom. The number of benzene rings is 1. The summed E-state index contributed by atoms with van der Waals surface area (Å²) in [6, 6.07) is 11.6. The molecule has 114 valence electrons. The quantitative estimate of drug-likeness (QED) is 0.535. The molecule has 0 saturated heterocycles. The number of aromatic nitrogens is 3. The van der Waals surface area contributed by atoms with Crippen LogP contribution in [0.3, 0.4) is 0 Å². The lowest BCUT2D eigenvalue weighted by Crippen LogP contribution is -1.95. The van der Waals surface area contributed by atoms with Crippen molar-refractivity contribution in [3.63, 3.8) is 0 Å². The topological polar surface area (TPSA) is 61.0 Å². The summed E-state index contributed by atoms with van der Waals surface area (Å²) in [4.78, 5) is 5.78. The van der Waals surface area contributed by atoms with Gasteiger partial charge in [0, 0.05) is 10.9 Å². The van der Waals surface area contributed by atoms with Gasteiger partial charge < -0.3 is 9.15 Å². The highest BCUT2D eigenvalue weighted by Gasteiger charge is 2.07. The van der Waals surface area contributed by atoms with Gasteiger partial charge in [-0.2, -0.15) is 0 Å². The minimum absolute atomic E-state index is 0.446. The summed E-state index contributed by atoms with van der Waals surface area (Å²) in [6.07, 6.45) is 1.31. The minimum Gasteiger partial charge on any atom is -0.487 e. The monoisotopic (exact) mass is 341 g/mol. The fourth-order valence-electron chi connectivity index (χ4n) is 2.04. The first kappa shape index (κ1) is 14.1. The summed E-state index contributed by atoms with van der Waals surface area (Å²) < 4.78 is 10.9. The number of nitrogens with zero attached hydrogens (tertiary/aromatic N) is 3. The van der Waals surface area contributed by atoms with Crippen LogP contribution in [-0.4, -0.2) is 15.2 Å². The maximum absolute atomic E-state index is 5.78. The Kier molecular flexibility index (Phi) is 3.87. The molecule has 0 aliphatic carbocycles. The number of hydrogen-bond acceptors (Lipinski definition) is 7. The van der Waals surface area contributed by atoms with E-state index in [0.717, 1.165) is 22.0 Å². The summed E-state index contributed by atoms with van der Waals surface area (Å²) in [6.45, 7) is 0.446. The van der Waals surface area contributed by atoms with Crippen LogP contribution in [0.1, 0.15) is 5.69 Å². The number of thiazole rings is 1. The van der Waals surface area contributed by atoms with E-state index in [9.17, 15) is 0 Å². The van der Waals surface area contributed by atoms with Gasteiger partial charge in [-0.25, -0.2) is 4.98 Å². The van der Waals surface area contributed by atoms with Crippen LogP contribution in [0.15, 0.2) is 58.0 Å². The van der Waals surface area contributed by atoms with Crippen molar-refractivity contribution < 1.29 is 9.15 Å². The van der Waals surface area contributed by atoms with Crippen molar-refractivity contribution in [2.75, 3.05) is 0 Å². The molecule has 7 heteroatoms. The van der Waals surface area contributed by atoms with E-state index in [2.05, 4.69) is 26.6 Å². The molecule has 0 unspecified atom stereocenters. The molecule has 0 N–H and O–H groups in total. The highest BCUT2D eigenvalue weighted by atomic mass is 32.1. The molecule has 0 bridgehead atoms. The van der Waals surface area contributed by atoms with E-state index >= 15 is 0 Å². The third-order valence-corrected chi connectivity index (χ3v) is 5.06. The molecule has 0 aliphatic rings. The first-order valence-corrected chi connectivity index (χ1v) is 8.62. The molecule has 3 heterocycles. The second-order valence-corrected chi connectivity index (χ2v) is 6.48. The molecule has 4 rings (SSSR count). The van der Waals surface area contributed by atoms with E-state index in [1.54, 1.807) is 22.7 Å². The predicted molar refractivity (Wildman–Crippen MR) is 89.5 cm³/mol. The Hall–Kier alpha value is -2.51. The summed E-state index contributed by atoms with van der Waals surface area (Å²) in [7, 11) is 0. The number of thiophene rings is 1. The summed E-state index contributed by atoms with van der Waals surface area (Å²) in [5, 5.41) is 12.7. The van der Waals surface area contributed by atoms with Gasteiger partial charge in [0.25, 0.3) is 0 Å². The summed E-state index contributed by atoms with van der Waals surface area (Å²) in [5.41, 5.74) is 1.79. The maximum Gasteiger partial charge on any atom is 0.247 e. The van der Waals surface area contributed by atoms with Gasteiger partial charge in [-0.15, -0.1) is 32.9 Å². The third kappa shape index (κ3) is 3.15. The molecule has 0 amide bonds. The summed E-state index contributed by atoms with van der Waals surface area (Å²) >= 11 is 3.33. The van der Waals surface area contributed by atoms with E-state index in [1.165, 1.54) is 11.3 Å². The van der Waals surface area contributed by atoms with E-state index in [1.807, 2.05) is 35.7 Å². The largest absolute Gasteiger partial charge is 0.487 e. The molecule has 0 aliphatic heterocycles. The summed E-state index contributed by atoms with van der Waals surface area (Å²) in [5.74, 6) is 1.27. The zero-order valence-electron chi connectivity index (χ0n) is 11.9. The van der Waals surface area contributed by atoms with Crippen LogP contribution in [0.4, 0.5) is 0 Å². The lowest BCUT2D eigenvalue weighted by Gasteiger charge is -2.04. The zero-order valence-corrected chi connectivity index (χ0v) is 13.5. The van der Waals surface area contributed by atoms with Crippen molar-refractivity contribution in [2.45, 2.75) is 6.61 Å². The van der Waals surface area contributed by atoms with Gasteiger partial charge in [0.1, 0.15) is 17.4 Å². The van der Waals surface area contributed by atoms with Crippen LogP contribution < -0.4 is 4.74 Å². The average Bonchev–Trinajstić information content (AvgIpc) is 3.35. The predicted octanol–water partition coefficient (Wildman–Crippen LogP) is 4.50. The highest BCUT2D eigenvalue weighted by molar-refractivity contribution is 7.20. The van der Waals surface area contributed by atoms with Crippen molar-refractivity contribution in [3.05, 3.63) is 59.2 Å². The van der Waals surface area contributed by atoms with Gasteiger partial charge in [0.15, 0.2) is 0 Å². The van der Waals surface area contributed by atoms with Crippen LogP contribution in [0.2, 0.25) is 0 Å². The van der Waals surface area contributed by atoms with Crippen molar-refractivity contribution >= 4 is 22.7 Å². The second kappa shape index (κ2) is 6.31. The molecule has 4 aromatic rings.